The maximum atomic E-state index is 10.0. The summed E-state index contributed by atoms with van der Waals surface area (Å²) in [6.07, 6.45) is 3.25. The van der Waals surface area contributed by atoms with Crippen LogP contribution in [-0.4, -0.2) is 40.9 Å². The van der Waals surface area contributed by atoms with Crippen LogP contribution in [0.25, 0.3) is 0 Å². The molecule has 3 atom stereocenters. The van der Waals surface area contributed by atoms with E-state index in [0.29, 0.717) is 23.6 Å². The third kappa shape index (κ3) is 2.26. The second-order valence-electron chi connectivity index (χ2n) is 6.12. The summed E-state index contributed by atoms with van der Waals surface area (Å²) in [7, 11) is 0. The number of phenolic OH excluding ortho intramolecular Hbond substituents is 1. The van der Waals surface area contributed by atoms with E-state index in [4.69, 9.17) is 0 Å². The van der Waals surface area contributed by atoms with Gasteiger partial charge in [0.25, 0.3) is 0 Å². The van der Waals surface area contributed by atoms with Gasteiger partial charge in [-0.1, -0.05) is 19.1 Å². The molecule has 0 aromatic heterocycles. The van der Waals surface area contributed by atoms with E-state index in [1.165, 1.54) is 12.0 Å². The van der Waals surface area contributed by atoms with E-state index in [1.54, 1.807) is 6.07 Å². The summed E-state index contributed by atoms with van der Waals surface area (Å²) >= 11 is 0. The first-order valence-electron chi connectivity index (χ1n) is 7.36. The number of benzene rings is 1. The van der Waals surface area contributed by atoms with Crippen LogP contribution in [0.4, 0.5) is 0 Å². The van der Waals surface area contributed by atoms with Crippen LogP contribution in [0.3, 0.4) is 0 Å². The molecule has 104 valence electrons. The van der Waals surface area contributed by atoms with E-state index in [-0.39, 0.29) is 6.61 Å². The van der Waals surface area contributed by atoms with Crippen molar-refractivity contribution in [1.29, 1.82) is 0 Å². The minimum Gasteiger partial charge on any atom is -0.508 e. The van der Waals surface area contributed by atoms with Crippen LogP contribution in [0.2, 0.25) is 0 Å². The normalized spacial score (nSPS) is 30.7. The highest BCUT2D eigenvalue weighted by molar-refractivity contribution is 5.44. The number of aliphatic hydroxyl groups excluding tert-OH is 1. The van der Waals surface area contributed by atoms with Gasteiger partial charge in [-0.2, -0.15) is 0 Å². The SMILES string of the molecule is C[C@H]1C[C@H]2c3cccc(O)c3CC[C@@H]2N(CCO)C1. The first-order valence-corrected chi connectivity index (χ1v) is 7.36. The Morgan fingerprint density at radius 3 is 3.00 bits per heavy atom. The van der Waals surface area contributed by atoms with Crippen LogP contribution in [-0.2, 0) is 6.42 Å². The van der Waals surface area contributed by atoms with Gasteiger partial charge in [-0.3, -0.25) is 4.90 Å². The third-order valence-corrected chi connectivity index (χ3v) is 4.80. The molecule has 0 amide bonds. The fraction of sp³-hybridized carbons (Fsp3) is 0.625. The van der Waals surface area contributed by atoms with E-state index in [9.17, 15) is 10.2 Å². The number of hydrogen-bond donors (Lipinski definition) is 2. The second-order valence-corrected chi connectivity index (χ2v) is 6.12. The summed E-state index contributed by atoms with van der Waals surface area (Å²) in [5, 5.41) is 19.3. The van der Waals surface area contributed by atoms with Crippen molar-refractivity contribution in [2.75, 3.05) is 19.7 Å². The van der Waals surface area contributed by atoms with Gasteiger partial charge in [-0.15, -0.1) is 0 Å². The van der Waals surface area contributed by atoms with Crippen LogP contribution in [0.15, 0.2) is 18.2 Å². The number of phenols is 1. The number of β-amino-alcohol motifs (C(OH)–C–C–N with tert-alkyl or cyclic N) is 1. The Morgan fingerprint density at radius 2 is 2.21 bits per heavy atom. The summed E-state index contributed by atoms with van der Waals surface area (Å²) in [6, 6.07) is 6.49. The quantitative estimate of drug-likeness (QED) is 0.857. The molecule has 0 spiro atoms. The van der Waals surface area contributed by atoms with Crippen LogP contribution < -0.4 is 0 Å². The van der Waals surface area contributed by atoms with Crippen molar-refractivity contribution >= 4 is 0 Å². The highest BCUT2D eigenvalue weighted by Crippen LogP contribution is 2.44. The molecule has 3 nitrogen and oxygen atoms in total. The van der Waals surface area contributed by atoms with Gasteiger partial charge in [0.1, 0.15) is 5.75 Å². The summed E-state index contributed by atoms with van der Waals surface area (Å²) in [5.41, 5.74) is 2.49. The van der Waals surface area contributed by atoms with Gasteiger partial charge in [0, 0.05) is 25.0 Å². The molecule has 3 heteroatoms. The Labute approximate surface area is 114 Å². The summed E-state index contributed by atoms with van der Waals surface area (Å²) in [6.45, 7) is 4.40. The molecule has 1 saturated heterocycles. The van der Waals surface area contributed by atoms with Crippen molar-refractivity contribution in [3.05, 3.63) is 29.3 Å². The standard InChI is InChI=1S/C16H23NO2/c1-11-9-14-12-3-2-4-16(19)13(12)5-6-15(14)17(10-11)7-8-18/h2-4,11,14-15,18-19H,5-10H2,1H3/t11-,14-,15-/m0/s1. The zero-order valence-electron chi connectivity index (χ0n) is 11.5. The van der Waals surface area contributed by atoms with E-state index in [2.05, 4.69) is 17.9 Å². The number of aliphatic hydroxyl groups is 1. The molecule has 0 unspecified atom stereocenters. The average Bonchev–Trinajstić information content (AvgIpc) is 2.39. The lowest BCUT2D eigenvalue weighted by Crippen LogP contribution is -2.49. The van der Waals surface area contributed by atoms with E-state index < -0.39 is 0 Å². The van der Waals surface area contributed by atoms with E-state index in [0.717, 1.165) is 31.5 Å². The second kappa shape index (κ2) is 5.14. The maximum absolute atomic E-state index is 10.0. The predicted octanol–water partition coefficient (Wildman–Crippen LogP) is 2.12. The fourth-order valence-corrected chi connectivity index (χ4v) is 4.06. The summed E-state index contributed by atoms with van der Waals surface area (Å²) in [5.74, 6) is 1.63. The molecule has 0 bridgehead atoms. The molecule has 2 aliphatic rings. The highest BCUT2D eigenvalue weighted by atomic mass is 16.3. The predicted molar refractivity (Wildman–Crippen MR) is 75.4 cm³/mol. The van der Waals surface area contributed by atoms with Gasteiger partial charge >= 0.3 is 0 Å². The topological polar surface area (TPSA) is 43.7 Å². The van der Waals surface area contributed by atoms with Crippen LogP contribution >= 0.6 is 0 Å². The average molecular weight is 261 g/mol. The lowest BCUT2D eigenvalue weighted by Gasteiger charge is -2.47. The van der Waals surface area contributed by atoms with Crippen LogP contribution in [0, 0.1) is 5.92 Å². The Hall–Kier alpha value is -1.06. The minimum atomic E-state index is 0.239. The number of aromatic hydroxyl groups is 1. The molecule has 19 heavy (non-hydrogen) atoms. The lowest BCUT2D eigenvalue weighted by atomic mass is 9.72. The molecule has 1 aliphatic carbocycles. The van der Waals surface area contributed by atoms with Crippen molar-refractivity contribution in [3.63, 3.8) is 0 Å². The summed E-state index contributed by atoms with van der Waals surface area (Å²) in [4.78, 5) is 2.45. The van der Waals surface area contributed by atoms with Gasteiger partial charge < -0.3 is 10.2 Å². The molecular formula is C16H23NO2. The van der Waals surface area contributed by atoms with E-state index >= 15 is 0 Å². The van der Waals surface area contributed by atoms with Gasteiger partial charge in [0.05, 0.1) is 6.61 Å². The number of hydrogen-bond acceptors (Lipinski definition) is 3. The molecule has 0 radical (unpaired) electrons. The Kier molecular flexibility index (Phi) is 3.50. The summed E-state index contributed by atoms with van der Waals surface area (Å²) < 4.78 is 0. The smallest absolute Gasteiger partial charge is 0.119 e. The Balaban J connectivity index is 1.94. The molecule has 1 fully saturated rings. The number of likely N-dealkylation sites (tertiary alicyclic amines) is 1. The molecule has 3 rings (SSSR count). The molecule has 1 heterocycles. The number of piperidine rings is 1. The lowest BCUT2D eigenvalue weighted by molar-refractivity contribution is 0.0636. The van der Waals surface area contributed by atoms with Gasteiger partial charge in [-0.05, 0) is 42.4 Å². The van der Waals surface area contributed by atoms with Gasteiger partial charge in [0.2, 0.25) is 0 Å². The molecule has 1 aromatic rings. The zero-order chi connectivity index (χ0) is 13.4. The highest BCUT2D eigenvalue weighted by Gasteiger charge is 2.38. The third-order valence-electron chi connectivity index (χ3n) is 4.80. The fourth-order valence-electron chi connectivity index (χ4n) is 4.06. The monoisotopic (exact) mass is 261 g/mol. The number of nitrogens with zero attached hydrogens (tertiary/aromatic N) is 1. The van der Waals surface area contributed by atoms with Crippen molar-refractivity contribution in [2.24, 2.45) is 5.92 Å². The van der Waals surface area contributed by atoms with Gasteiger partial charge in [0.15, 0.2) is 0 Å². The molecule has 0 saturated carbocycles. The largest absolute Gasteiger partial charge is 0.508 e. The van der Waals surface area contributed by atoms with Gasteiger partial charge in [-0.25, -0.2) is 0 Å². The van der Waals surface area contributed by atoms with Crippen LogP contribution in [0.5, 0.6) is 5.75 Å². The van der Waals surface area contributed by atoms with Crippen molar-refractivity contribution in [3.8, 4) is 5.75 Å². The van der Waals surface area contributed by atoms with E-state index in [1.807, 2.05) is 6.07 Å². The minimum absolute atomic E-state index is 0.239. The Morgan fingerprint density at radius 1 is 1.37 bits per heavy atom. The molecular weight excluding hydrogens is 238 g/mol. The number of rotatable bonds is 2. The number of fused-ring (bicyclic) bond motifs is 3. The van der Waals surface area contributed by atoms with Crippen molar-refractivity contribution in [2.45, 2.75) is 38.1 Å². The zero-order valence-corrected chi connectivity index (χ0v) is 11.5. The van der Waals surface area contributed by atoms with Crippen molar-refractivity contribution < 1.29 is 10.2 Å². The first-order chi connectivity index (χ1) is 9.20. The first kappa shape index (κ1) is 12.9. The molecule has 1 aliphatic heterocycles. The Bertz CT molecular complexity index is 460. The molecule has 2 N–H and O–H groups in total. The van der Waals surface area contributed by atoms with Crippen LogP contribution in [0.1, 0.15) is 36.8 Å². The van der Waals surface area contributed by atoms with Crippen molar-refractivity contribution in [1.82, 2.24) is 4.90 Å². The molecule has 1 aromatic carbocycles. The maximum Gasteiger partial charge on any atom is 0.119 e.